The molecular formula is C21H19N5O3S. The quantitative estimate of drug-likeness (QED) is 0.488. The fourth-order valence-corrected chi connectivity index (χ4v) is 4.05. The fourth-order valence-electron chi connectivity index (χ4n) is 3.40. The van der Waals surface area contributed by atoms with Crippen molar-refractivity contribution in [3.8, 4) is 22.0 Å². The predicted octanol–water partition coefficient (Wildman–Crippen LogP) is 3.41. The highest BCUT2D eigenvalue weighted by Gasteiger charge is 2.25. The maximum Gasteiger partial charge on any atom is 0.276 e. The van der Waals surface area contributed by atoms with Crippen LogP contribution in [0.25, 0.3) is 22.0 Å². The molecule has 3 aromatic heterocycles. The molecule has 0 bridgehead atoms. The van der Waals surface area contributed by atoms with E-state index < -0.39 is 0 Å². The van der Waals surface area contributed by atoms with Crippen LogP contribution in [-0.4, -0.2) is 57.2 Å². The monoisotopic (exact) mass is 421 g/mol. The molecule has 152 valence electrons. The number of hydrogen-bond donors (Lipinski definition) is 0. The highest BCUT2D eigenvalue weighted by molar-refractivity contribution is 7.13. The van der Waals surface area contributed by atoms with Crippen LogP contribution in [0.4, 0.5) is 0 Å². The molecule has 0 radical (unpaired) electrons. The van der Waals surface area contributed by atoms with E-state index in [1.807, 2.05) is 47.8 Å². The number of benzene rings is 1. The fraction of sp³-hybridized carbons (Fsp3) is 0.238. The number of rotatable bonds is 5. The molecule has 9 heteroatoms. The summed E-state index contributed by atoms with van der Waals surface area (Å²) < 4.78 is 10.7. The minimum Gasteiger partial charge on any atom is -0.355 e. The first-order valence-corrected chi connectivity index (χ1v) is 10.5. The molecular weight excluding hydrogens is 402 g/mol. The van der Waals surface area contributed by atoms with Crippen molar-refractivity contribution in [1.82, 2.24) is 25.1 Å². The zero-order chi connectivity index (χ0) is 20.3. The van der Waals surface area contributed by atoms with E-state index in [0.717, 1.165) is 23.5 Å². The number of hydrogen-bond acceptors (Lipinski definition) is 8. The Morgan fingerprint density at radius 1 is 1.00 bits per heavy atom. The van der Waals surface area contributed by atoms with Crippen molar-refractivity contribution in [1.29, 1.82) is 0 Å². The van der Waals surface area contributed by atoms with Crippen molar-refractivity contribution in [2.24, 2.45) is 0 Å². The Bertz CT molecular complexity index is 1110. The largest absolute Gasteiger partial charge is 0.355 e. The zero-order valence-electron chi connectivity index (χ0n) is 16.1. The van der Waals surface area contributed by atoms with Crippen LogP contribution in [-0.2, 0) is 6.54 Å². The number of thiophene rings is 1. The second-order valence-electron chi connectivity index (χ2n) is 7.00. The average Bonchev–Trinajstić information content (AvgIpc) is 3.56. The summed E-state index contributed by atoms with van der Waals surface area (Å²) in [5.74, 6) is 1.69. The van der Waals surface area contributed by atoms with E-state index in [9.17, 15) is 4.79 Å². The molecule has 0 unspecified atom stereocenters. The molecule has 4 heterocycles. The summed E-state index contributed by atoms with van der Waals surface area (Å²) in [6, 6.07) is 15.3. The van der Waals surface area contributed by atoms with E-state index in [-0.39, 0.29) is 5.91 Å². The first-order valence-electron chi connectivity index (χ1n) is 9.66. The standard InChI is InChI=1S/C21H19N5O3S/c27-21(16-13-17(28-23-16)15-5-2-1-3-6-15)26-10-8-25(9-11-26)14-19-22-20(24-29-19)18-7-4-12-30-18/h1-7,12-13H,8-11,14H2. The highest BCUT2D eigenvalue weighted by atomic mass is 32.1. The number of carbonyl (C=O) groups excluding carboxylic acids is 1. The van der Waals surface area contributed by atoms with Crippen LogP contribution in [0.3, 0.4) is 0 Å². The molecule has 0 N–H and O–H groups in total. The molecule has 0 atom stereocenters. The summed E-state index contributed by atoms with van der Waals surface area (Å²) in [6.07, 6.45) is 0. The van der Waals surface area contributed by atoms with E-state index in [2.05, 4.69) is 20.2 Å². The SMILES string of the molecule is O=C(c1cc(-c2ccccc2)on1)N1CCN(Cc2nc(-c3cccs3)no2)CC1. The molecule has 5 rings (SSSR count). The van der Waals surface area contributed by atoms with Gasteiger partial charge in [-0.05, 0) is 11.4 Å². The maximum atomic E-state index is 12.8. The normalized spacial score (nSPS) is 14.9. The average molecular weight is 421 g/mol. The van der Waals surface area contributed by atoms with E-state index in [1.54, 1.807) is 22.3 Å². The van der Waals surface area contributed by atoms with Crippen molar-refractivity contribution in [3.05, 3.63) is 65.5 Å². The molecule has 1 fully saturated rings. The summed E-state index contributed by atoms with van der Waals surface area (Å²) in [7, 11) is 0. The lowest BCUT2D eigenvalue weighted by atomic mass is 10.1. The van der Waals surface area contributed by atoms with Crippen molar-refractivity contribution in [2.45, 2.75) is 6.54 Å². The van der Waals surface area contributed by atoms with Crippen molar-refractivity contribution in [2.75, 3.05) is 26.2 Å². The molecule has 1 aliphatic heterocycles. The third kappa shape index (κ3) is 3.89. The van der Waals surface area contributed by atoms with Crippen molar-refractivity contribution in [3.63, 3.8) is 0 Å². The summed E-state index contributed by atoms with van der Waals surface area (Å²) in [4.78, 5) is 22.2. The molecule has 1 saturated heterocycles. The lowest BCUT2D eigenvalue weighted by Gasteiger charge is -2.33. The lowest BCUT2D eigenvalue weighted by Crippen LogP contribution is -2.48. The molecule has 0 saturated carbocycles. The number of nitrogens with zero attached hydrogens (tertiary/aromatic N) is 5. The summed E-state index contributed by atoms with van der Waals surface area (Å²) in [6.45, 7) is 3.25. The zero-order valence-corrected chi connectivity index (χ0v) is 16.9. The van der Waals surface area contributed by atoms with Crippen LogP contribution in [0.5, 0.6) is 0 Å². The van der Waals surface area contributed by atoms with Crippen LogP contribution in [0, 0.1) is 0 Å². The smallest absolute Gasteiger partial charge is 0.276 e. The van der Waals surface area contributed by atoms with Crippen LogP contribution < -0.4 is 0 Å². The maximum absolute atomic E-state index is 12.8. The Kier molecular flexibility index (Phi) is 5.12. The van der Waals surface area contributed by atoms with Gasteiger partial charge in [0.1, 0.15) is 0 Å². The number of carbonyl (C=O) groups is 1. The first-order chi connectivity index (χ1) is 14.8. The highest BCUT2D eigenvalue weighted by Crippen LogP contribution is 2.23. The van der Waals surface area contributed by atoms with Gasteiger partial charge in [-0.3, -0.25) is 9.69 Å². The Morgan fingerprint density at radius 2 is 1.83 bits per heavy atom. The van der Waals surface area contributed by atoms with Crippen LogP contribution in [0.1, 0.15) is 16.4 Å². The predicted molar refractivity (Wildman–Crippen MR) is 111 cm³/mol. The molecule has 1 aromatic carbocycles. The second kappa shape index (κ2) is 8.21. The summed E-state index contributed by atoms with van der Waals surface area (Å²) in [5, 5.41) is 10.0. The number of piperazine rings is 1. The van der Waals surface area contributed by atoms with Gasteiger partial charge in [0.15, 0.2) is 11.5 Å². The second-order valence-corrected chi connectivity index (χ2v) is 7.95. The van der Waals surface area contributed by atoms with Crippen LogP contribution in [0.2, 0.25) is 0 Å². The first kappa shape index (κ1) is 18.7. The number of aromatic nitrogens is 3. The van der Waals surface area contributed by atoms with E-state index in [0.29, 0.717) is 42.8 Å². The Morgan fingerprint density at radius 3 is 2.60 bits per heavy atom. The van der Waals surface area contributed by atoms with Gasteiger partial charge in [0.05, 0.1) is 11.4 Å². The van der Waals surface area contributed by atoms with E-state index >= 15 is 0 Å². The van der Waals surface area contributed by atoms with Gasteiger partial charge in [0.25, 0.3) is 5.91 Å². The Balaban J connectivity index is 1.17. The van der Waals surface area contributed by atoms with Gasteiger partial charge in [0, 0.05) is 37.8 Å². The van der Waals surface area contributed by atoms with Gasteiger partial charge in [-0.2, -0.15) is 4.98 Å². The van der Waals surface area contributed by atoms with Crippen molar-refractivity contribution < 1.29 is 13.8 Å². The van der Waals surface area contributed by atoms with E-state index in [4.69, 9.17) is 9.05 Å². The van der Waals surface area contributed by atoms with Crippen LogP contribution >= 0.6 is 11.3 Å². The molecule has 1 amide bonds. The molecule has 30 heavy (non-hydrogen) atoms. The Hall–Kier alpha value is -3.30. The third-order valence-electron chi connectivity index (χ3n) is 5.02. The third-order valence-corrected chi connectivity index (χ3v) is 5.88. The minimum atomic E-state index is -0.113. The molecule has 8 nitrogen and oxygen atoms in total. The van der Waals surface area contributed by atoms with Crippen molar-refractivity contribution >= 4 is 17.2 Å². The molecule has 4 aromatic rings. The van der Waals surface area contributed by atoms with Gasteiger partial charge < -0.3 is 13.9 Å². The van der Waals surface area contributed by atoms with E-state index in [1.165, 1.54) is 0 Å². The van der Waals surface area contributed by atoms with Gasteiger partial charge in [0.2, 0.25) is 11.7 Å². The summed E-state index contributed by atoms with van der Waals surface area (Å²) >= 11 is 1.58. The molecule has 0 spiro atoms. The minimum absolute atomic E-state index is 0.113. The van der Waals surface area contributed by atoms with Gasteiger partial charge in [-0.15, -0.1) is 11.3 Å². The van der Waals surface area contributed by atoms with Gasteiger partial charge in [-0.25, -0.2) is 0 Å². The number of amides is 1. The topological polar surface area (TPSA) is 88.5 Å². The molecule has 1 aliphatic rings. The van der Waals surface area contributed by atoms with Crippen LogP contribution in [0.15, 0.2) is 63.0 Å². The summed E-state index contributed by atoms with van der Waals surface area (Å²) in [5.41, 5.74) is 1.23. The Labute approximate surface area is 176 Å². The van der Waals surface area contributed by atoms with Gasteiger partial charge >= 0.3 is 0 Å². The lowest BCUT2D eigenvalue weighted by molar-refractivity contribution is 0.0605. The molecule has 0 aliphatic carbocycles. The van der Waals surface area contributed by atoms with Gasteiger partial charge in [-0.1, -0.05) is 46.7 Å².